The molecule has 110 valence electrons. The van der Waals surface area contributed by atoms with Crippen LogP contribution in [0.15, 0.2) is 18.2 Å². The highest BCUT2D eigenvalue weighted by atomic mass is 32.2. The molecule has 6 nitrogen and oxygen atoms in total. The number of halogens is 1. The highest BCUT2D eigenvalue weighted by molar-refractivity contribution is 7.92. The molecule has 0 saturated carbocycles. The summed E-state index contributed by atoms with van der Waals surface area (Å²) in [4.78, 5) is 22.9. The van der Waals surface area contributed by atoms with Crippen molar-refractivity contribution in [2.24, 2.45) is 0 Å². The summed E-state index contributed by atoms with van der Waals surface area (Å²) < 4.78 is 34.3. The molecule has 1 aromatic carbocycles. The second-order valence-electron chi connectivity index (χ2n) is 4.73. The molecule has 2 N–H and O–H groups in total. The van der Waals surface area contributed by atoms with Gasteiger partial charge in [-0.25, -0.2) is 17.6 Å². The van der Waals surface area contributed by atoms with E-state index in [2.05, 4.69) is 5.32 Å². The lowest BCUT2D eigenvalue weighted by Crippen LogP contribution is -2.44. The number of hydrogen-bond donors (Lipinski definition) is 2. The molecule has 0 bridgehead atoms. The molecule has 0 aliphatic rings. The van der Waals surface area contributed by atoms with E-state index in [1.165, 1.54) is 13.8 Å². The van der Waals surface area contributed by atoms with E-state index in [9.17, 15) is 22.4 Å². The first-order valence-electron chi connectivity index (χ1n) is 5.50. The molecule has 0 aliphatic carbocycles. The Morgan fingerprint density at radius 1 is 1.30 bits per heavy atom. The molecule has 0 spiro atoms. The highest BCUT2D eigenvalue weighted by Gasteiger charge is 2.38. The summed E-state index contributed by atoms with van der Waals surface area (Å²) in [7, 11) is -3.70. The molecule has 0 fully saturated rings. The molecule has 0 unspecified atom stereocenters. The van der Waals surface area contributed by atoms with Crippen molar-refractivity contribution in [3.8, 4) is 0 Å². The molecule has 0 aromatic heterocycles. The van der Waals surface area contributed by atoms with Gasteiger partial charge in [0.25, 0.3) is 0 Å². The van der Waals surface area contributed by atoms with E-state index in [0.29, 0.717) is 0 Å². The number of carbonyl (C=O) groups is 2. The van der Waals surface area contributed by atoms with Crippen LogP contribution in [0.4, 0.5) is 10.1 Å². The number of hydrogen-bond acceptors (Lipinski definition) is 4. The highest BCUT2D eigenvalue weighted by Crippen LogP contribution is 2.22. The molecule has 0 radical (unpaired) electrons. The number of nitrogens with one attached hydrogen (secondary N) is 1. The van der Waals surface area contributed by atoms with Gasteiger partial charge >= 0.3 is 5.97 Å². The smallest absolute Gasteiger partial charge is 0.337 e. The van der Waals surface area contributed by atoms with Gasteiger partial charge in [-0.2, -0.15) is 0 Å². The predicted molar refractivity (Wildman–Crippen MR) is 70.9 cm³/mol. The van der Waals surface area contributed by atoms with Gasteiger partial charge in [-0.15, -0.1) is 0 Å². The van der Waals surface area contributed by atoms with Gasteiger partial charge < -0.3 is 10.4 Å². The van der Waals surface area contributed by atoms with Crippen molar-refractivity contribution in [3.63, 3.8) is 0 Å². The molecule has 8 heteroatoms. The molecule has 20 heavy (non-hydrogen) atoms. The standard InChI is InChI=1S/C12H14FNO5S/c1-12(2,20(3,18)19)11(17)14-9-5-4-7(13)6-8(9)10(15)16/h4-6H,1-3H3,(H,14,17)(H,15,16). The first kappa shape index (κ1) is 16.1. The van der Waals surface area contributed by atoms with Gasteiger partial charge in [-0.05, 0) is 32.0 Å². The van der Waals surface area contributed by atoms with Gasteiger partial charge in [0.15, 0.2) is 9.84 Å². The van der Waals surface area contributed by atoms with Crippen molar-refractivity contribution in [2.75, 3.05) is 11.6 Å². The molecule has 0 aliphatic heterocycles. The van der Waals surface area contributed by atoms with Gasteiger partial charge in [0.1, 0.15) is 10.6 Å². The third-order valence-corrected chi connectivity index (χ3v) is 4.97. The summed E-state index contributed by atoms with van der Waals surface area (Å²) in [5.41, 5.74) is -0.622. The fourth-order valence-electron chi connectivity index (χ4n) is 1.24. The monoisotopic (exact) mass is 303 g/mol. The number of carboxylic acids is 1. The zero-order valence-electron chi connectivity index (χ0n) is 11.1. The molecule has 1 rings (SSSR count). The Morgan fingerprint density at radius 3 is 2.30 bits per heavy atom. The van der Waals surface area contributed by atoms with Gasteiger partial charge in [0, 0.05) is 6.26 Å². The summed E-state index contributed by atoms with van der Waals surface area (Å²) in [6.07, 6.45) is 0.898. The molecule has 1 aromatic rings. The SMILES string of the molecule is CC(C)(C(=O)Nc1ccc(F)cc1C(=O)O)S(C)(=O)=O. The van der Waals surface area contributed by atoms with Crippen LogP contribution in [0, 0.1) is 5.82 Å². The zero-order valence-corrected chi connectivity index (χ0v) is 11.9. The van der Waals surface area contributed by atoms with E-state index >= 15 is 0 Å². The van der Waals surface area contributed by atoms with Crippen LogP contribution < -0.4 is 5.32 Å². The van der Waals surface area contributed by atoms with Crippen LogP contribution in [0.3, 0.4) is 0 Å². The van der Waals surface area contributed by atoms with Crippen LogP contribution in [0.1, 0.15) is 24.2 Å². The second-order valence-corrected chi connectivity index (χ2v) is 7.30. The van der Waals surface area contributed by atoms with Gasteiger partial charge in [-0.3, -0.25) is 4.79 Å². The van der Waals surface area contributed by atoms with Crippen LogP contribution in [-0.2, 0) is 14.6 Å². The lowest BCUT2D eigenvalue weighted by atomic mass is 10.1. The molecule has 0 heterocycles. The zero-order chi connectivity index (χ0) is 15.7. The van der Waals surface area contributed by atoms with Crippen LogP contribution in [0.25, 0.3) is 0 Å². The van der Waals surface area contributed by atoms with Crippen LogP contribution in [-0.4, -0.2) is 36.4 Å². The lowest BCUT2D eigenvalue weighted by Gasteiger charge is -2.22. The predicted octanol–water partition coefficient (Wildman–Crippen LogP) is 1.29. The van der Waals surface area contributed by atoms with Gasteiger partial charge in [-0.1, -0.05) is 0 Å². The second kappa shape index (κ2) is 5.20. The molecule has 0 saturated heterocycles. The Labute approximate surface area is 115 Å². The van der Waals surface area contributed by atoms with Crippen molar-refractivity contribution in [1.82, 2.24) is 0 Å². The summed E-state index contributed by atoms with van der Waals surface area (Å²) in [5.74, 6) is -3.10. The van der Waals surface area contributed by atoms with E-state index in [0.717, 1.165) is 24.5 Å². The Kier molecular flexibility index (Phi) is 4.18. The number of carbonyl (C=O) groups excluding carboxylic acids is 1. The fourth-order valence-corrected chi connectivity index (χ4v) is 1.63. The molecule has 0 atom stereocenters. The summed E-state index contributed by atoms with van der Waals surface area (Å²) in [6, 6.07) is 2.77. The van der Waals surface area contributed by atoms with Gasteiger partial charge in [0.05, 0.1) is 11.3 Å². The first-order valence-corrected chi connectivity index (χ1v) is 7.40. The minimum absolute atomic E-state index is 0.166. The Bertz CT molecular complexity index is 666. The van der Waals surface area contributed by atoms with Crippen LogP contribution in [0.2, 0.25) is 0 Å². The minimum Gasteiger partial charge on any atom is -0.478 e. The lowest BCUT2D eigenvalue weighted by molar-refractivity contribution is -0.117. The van der Waals surface area contributed by atoms with E-state index in [4.69, 9.17) is 5.11 Å². The molecular weight excluding hydrogens is 289 g/mol. The van der Waals surface area contributed by atoms with Crippen LogP contribution in [0.5, 0.6) is 0 Å². The third-order valence-electron chi connectivity index (χ3n) is 2.93. The summed E-state index contributed by atoms with van der Waals surface area (Å²) >= 11 is 0. The number of amides is 1. The number of anilines is 1. The molecular formula is C12H14FNO5S. The summed E-state index contributed by atoms with van der Waals surface area (Å²) in [5, 5.41) is 11.1. The average molecular weight is 303 g/mol. The maximum Gasteiger partial charge on any atom is 0.337 e. The van der Waals surface area contributed by atoms with E-state index in [1.807, 2.05) is 0 Å². The minimum atomic E-state index is -3.70. The fraction of sp³-hybridized carbons (Fsp3) is 0.333. The van der Waals surface area contributed by atoms with Crippen molar-refractivity contribution in [2.45, 2.75) is 18.6 Å². The largest absolute Gasteiger partial charge is 0.478 e. The maximum absolute atomic E-state index is 13.0. The number of sulfone groups is 1. The quantitative estimate of drug-likeness (QED) is 0.872. The van der Waals surface area contributed by atoms with Crippen LogP contribution >= 0.6 is 0 Å². The van der Waals surface area contributed by atoms with Crippen molar-refractivity contribution >= 4 is 27.4 Å². The summed E-state index contributed by atoms with van der Waals surface area (Å²) in [6.45, 7) is 2.39. The molecule has 1 amide bonds. The van der Waals surface area contributed by atoms with Gasteiger partial charge in [0.2, 0.25) is 5.91 Å². The van der Waals surface area contributed by atoms with Crippen molar-refractivity contribution < 1.29 is 27.5 Å². The first-order chi connectivity index (χ1) is 8.96. The van der Waals surface area contributed by atoms with Crippen molar-refractivity contribution in [3.05, 3.63) is 29.6 Å². The Balaban J connectivity index is 3.18. The number of carboxylic acid groups (broad SMARTS) is 1. The Morgan fingerprint density at radius 2 is 1.85 bits per heavy atom. The Hall–Kier alpha value is -1.96. The third kappa shape index (κ3) is 3.13. The number of rotatable bonds is 4. The number of benzene rings is 1. The van der Waals surface area contributed by atoms with E-state index < -0.39 is 37.8 Å². The van der Waals surface area contributed by atoms with Crippen molar-refractivity contribution in [1.29, 1.82) is 0 Å². The number of aromatic carboxylic acids is 1. The maximum atomic E-state index is 13.0. The van der Waals surface area contributed by atoms with E-state index in [-0.39, 0.29) is 5.69 Å². The van der Waals surface area contributed by atoms with E-state index in [1.54, 1.807) is 0 Å². The normalized spacial score (nSPS) is 12.0. The topological polar surface area (TPSA) is 101 Å². The average Bonchev–Trinajstić information content (AvgIpc) is 2.29.